The van der Waals surface area contributed by atoms with Crippen LogP contribution in [0, 0.1) is 0 Å². The normalized spacial score (nSPS) is 10.2. The number of nitrogens with one attached hydrogen (secondary N) is 1. The highest BCUT2D eigenvalue weighted by molar-refractivity contribution is 5.88. The number of carbonyl (C=O) groups is 2. The van der Waals surface area contributed by atoms with E-state index in [-0.39, 0.29) is 17.9 Å². The molecular formula is C19H21NO4. The lowest BCUT2D eigenvalue weighted by Crippen LogP contribution is -2.24. The van der Waals surface area contributed by atoms with Crippen molar-refractivity contribution < 1.29 is 19.4 Å². The molecule has 126 valence electrons. The van der Waals surface area contributed by atoms with Crippen molar-refractivity contribution in [3.05, 3.63) is 65.2 Å². The summed E-state index contributed by atoms with van der Waals surface area (Å²) in [4.78, 5) is 22.9. The maximum Gasteiger partial charge on any atom is 0.335 e. The topological polar surface area (TPSA) is 75.6 Å². The Bertz CT molecular complexity index is 695. The van der Waals surface area contributed by atoms with E-state index in [9.17, 15) is 9.59 Å². The Morgan fingerprint density at radius 1 is 1.08 bits per heavy atom. The van der Waals surface area contributed by atoms with Gasteiger partial charge >= 0.3 is 5.97 Å². The monoisotopic (exact) mass is 327 g/mol. The number of rotatable bonds is 8. The van der Waals surface area contributed by atoms with E-state index >= 15 is 0 Å². The molecule has 0 unspecified atom stereocenters. The van der Waals surface area contributed by atoms with Crippen molar-refractivity contribution in [2.24, 2.45) is 0 Å². The third-order valence-corrected chi connectivity index (χ3v) is 3.42. The van der Waals surface area contributed by atoms with Gasteiger partial charge in [-0.1, -0.05) is 31.2 Å². The summed E-state index contributed by atoms with van der Waals surface area (Å²) in [6.07, 6.45) is 1.11. The van der Waals surface area contributed by atoms with E-state index in [1.54, 1.807) is 12.1 Å². The van der Waals surface area contributed by atoms with Crippen molar-refractivity contribution in [3.8, 4) is 5.75 Å². The third-order valence-electron chi connectivity index (χ3n) is 3.42. The molecule has 0 aliphatic heterocycles. The lowest BCUT2D eigenvalue weighted by Gasteiger charge is -2.08. The number of carbonyl (C=O) groups excluding carboxylic acids is 1. The minimum Gasteiger partial charge on any atom is -0.494 e. The Balaban J connectivity index is 1.84. The van der Waals surface area contributed by atoms with Crippen LogP contribution in [0.25, 0.3) is 0 Å². The van der Waals surface area contributed by atoms with E-state index in [1.165, 1.54) is 12.1 Å². The molecule has 0 radical (unpaired) electrons. The van der Waals surface area contributed by atoms with Gasteiger partial charge in [0.1, 0.15) is 5.75 Å². The first-order valence-electron chi connectivity index (χ1n) is 7.89. The smallest absolute Gasteiger partial charge is 0.335 e. The first kappa shape index (κ1) is 17.5. The highest BCUT2D eigenvalue weighted by atomic mass is 16.5. The van der Waals surface area contributed by atoms with Crippen LogP contribution >= 0.6 is 0 Å². The van der Waals surface area contributed by atoms with Gasteiger partial charge in [-0.05, 0) is 41.8 Å². The molecule has 0 bridgehead atoms. The maximum atomic E-state index is 12.0. The molecule has 2 aromatic carbocycles. The molecule has 5 heteroatoms. The van der Waals surface area contributed by atoms with Crippen LogP contribution in [0.15, 0.2) is 48.5 Å². The molecule has 0 saturated carbocycles. The quantitative estimate of drug-likeness (QED) is 0.781. The number of amides is 1. The van der Waals surface area contributed by atoms with Crippen LogP contribution in [0.5, 0.6) is 5.75 Å². The fraction of sp³-hybridized carbons (Fsp3) is 0.263. The molecule has 0 aliphatic rings. The van der Waals surface area contributed by atoms with Crippen LogP contribution < -0.4 is 10.1 Å². The van der Waals surface area contributed by atoms with Gasteiger partial charge in [0.25, 0.3) is 0 Å². The maximum absolute atomic E-state index is 12.0. The minimum atomic E-state index is -0.998. The predicted molar refractivity (Wildman–Crippen MR) is 91.2 cm³/mol. The van der Waals surface area contributed by atoms with Gasteiger partial charge in [-0.15, -0.1) is 0 Å². The van der Waals surface area contributed by atoms with Gasteiger partial charge in [-0.25, -0.2) is 4.79 Å². The number of ether oxygens (including phenoxy) is 1. The molecule has 2 aromatic rings. The molecule has 0 aromatic heterocycles. The average Bonchev–Trinajstić information content (AvgIpc) is 2.59. The molecule has 0 fully saturated rings. The zero-order valence-electron chi connectivity index (χ0n) is 13.6. The van der Waals surface area contributed by atoms with Crippen LogP contribution in [-0.4, -0.2) is 23.6 Å². The third kappa shape index (κ3) is 5.43. The minimum absolute atomic E-state index is 0.149. The van der Waals surface area contributed by atoms with Crippen LogP contribution in [0.3, 0.4) is 0 Å². The molecule has 2 rings (SSSR count). The molecule has 24 heavy (non-hydrogen) atoms. The molecular weight excluding hydrogens is 306 g/mol. The molecule has 2 N–H and O–H groups in total. The lowest BCUT2D eigenvalue weighted by molar-refractivity contribution is -0.120. The molecule has 0 heterocycles. The van der Waals surface area contributed by atoms with Gasteiger partial charge in [-0.2, -0.15) is 0 Å². The molecule has 0 aliphatic carbocycles. The molecule has 5 nitrogen and oxygen atoms in total. The standard InChI is InChI=1S/C19H21NO4/c1-2-10-24-17-8-6-14(7-9-17)13-20-18(21)12-15-4-3-5-16(11-15)19(22)23/h3-9,11H,2,10,12-13H2,1H3,(H,20,21)(H,22,23). The first-order chi connectivity index (χ1) is 11.6. The van der Waals surface area contributed by atoms with Crippen molar-refractivity contribution in [1.82, 2.24) is 5.32 Å². The van der Waals surface area contributed by atoms with E-state index in [4.69, 9.17) is 9.84 Å². The van der Waals surface area contributed by atoms with Gasteiger partial charge in [0.05, 0.1) is 18.6 Å². The second-order valence-electron chi connectivity index (χ2n) is 5.45. The fourth-order valence-electron chi connectivity index (χ4n) is 2.19. The van der Waals surface area contributed by atoms with E-state index in [1.807, 2.05) is 24.3 Å². The van der Waals surface area contributed by atoms with Gasteiger partial charge in [-0.3, -0.25) is 4.79 Å². The highest BCUT2D eigenvalue weighted by Crippen LogP contribution is 2.12. The summed E-state index contributed by atoms with van der Waals surface area (Å²) in [7, 11) is 0. The second-order valence-corrected chi connectivity index (χ2v) is 5.45. The lowest BCUT2D eigenvalue weighted by atomic mass is 10.1. The van der Waals surface area contributed by atoms with Crippen LogP contribution in [0.2, 0.25) is 0 Å². The van der Waals surface area contributed by atoms with Crippen LogP contribution in [0.1, 0.15) is 34.8 Å². The Hall–Kier alpha value is -2.82. The number of hydrogen-bond donors (Lipinski definition) is 2. The average molecular weight is 327 g/mol. The van der Waals surface area contributed by atoms with Crippen molar-refractivity contribution in [2.45, 2.75) is 26.3 Å². The van der Waals surface area contributed by atoms with Gasteiger partial charge in [0, 0.05) is 6.54 Å². The number of aromatic carboxylic acids is 1. The zero-order chi connectivity index (χ0) is 17.4. The predicted octanol–water partition coefficient (Wildman–Crippen LogP) is 3.03. The number of benzene rings is 2. The summed E-state index contributed by atoms with van der Waals surface area (Å²) in [5, 5.41) is 11.8. The van der Waals surface area contributed by atoms with Crippen molar-refractivity contribution in [1.29, 1.82) is 0 Å². The van der Waals surface area contributed by atoms with Crippen molar-refractivity contribution >= 4 is 11.9 Å². The summed E-state index contributed by atoms with van der Waals surface area (Å²) in [6.45, 7) is 3.16. The summed E-state index contributed by atoms with van der Waals surface area (Å²) < 4.78 is 5.51. The van der Waals surface area contributed by atoms with E-state index in [0.717, 1.165) is 17.7 Å². The number of carboxylic acid groups (broad SMARTS) is 1. The summed E-state index contributed by atoms with van der Waals surface area (Å²) in [6, 6.07) is 14.0. The summed E-state index contributed by atoms with van der Waals surface area (Å²) >= 11 is 0. The van der Waals surface area contributed by atoms with Crippen molar-refractivity contribution in [2.75, 3.05) is 6.61 Å². The molecule has 0 atom stereocenters. The molecule has 0 saturated heterocycles. The fourth-order valence-corrected chi connectivity index (χ4v) is 2.19. The van der Waals surface area contributed by atoms with Gasteiger partial charge < -0.3 is 15.2 Å². The van der Waals surface area contributed by atoms with Crippen molar-refractivity contribution in [3.63, 3.8) is 0 Å². The van der Waals surface area contributed by atoms with Crippen LogP contribution in [-0.2, 0) is 17.8 Å². The largest absolute Gasteiger partial charge is 0.494 e. The molecule has 0 spiro atoms. The SMILES string of the molecule is CCCOc1ccc(CNC(=O)Cc2cccc(C(=O)O)c2)cc1. The van der Waals surface area contributed by atoms with Gasteiger partial charge in [0.15, 0.2) is 0 Å². The zero-order valence-corrected chi connectivity index (χ0v) is 13.6. The Kier molecular flexibility index (Phi) is 6.37. The highest BCUT2D eigenvalue weighted by Gasteiger charge is 2.07. The number of hydrogen-bond acceptors (Lipinski definition) is 3. The van der Waals surface area contributed by atoms with E-state index < -0.39 is 5.97 Å². The summed E-state index contributed by atoms with van der Waals surface area (Å²) in [5.41, 5.74) is 1.84. The Morgan fingerprint density at radius 2 is 1.83 bits per heavy atom. The first-order valence-corrected chi connectivity index (χ1v) is 7.89. The Morgan fingerprint density at radius 3 is 2.50 bits per heavy atom. The van der Waals surface area contributed by atoms with Gasteiger partial charge in [0.2, 0.25) is 5.91 Å². The summed E-state index contributed by atoms with van der Waals surface area (Å²) in [5.74, 6) is -0.330. The Labute approximate surface area is 141 Å². The van der Waals surface area contributed by atoms with E-state index in [2.05, 4.69) is 12.2 Å². The number of carboxylic acids is 1. The van der Waals surface area contributed by atoms with E-state index in [0.29, 0.717) is 18.7 Å². The second kappa shape index (κ2) is 8.72. The molecule has 1 amide bonds. The van der Waals surface area contributed by atoms with Crippen LogP contribution in [0.4, 0.5) is 0 Å².